The number of hydrogen-bond acceptors (Lipinski definition) is 4. The van der Waals surface area contributed by atoms with Gasteiger partial charge in [0.25, 0.3) is 0 Å². The molecule has 0 radical (unpaired) electrons. The van der Waals surface area contributed by atoms with Crippen LogP contribution in [-0.4, -0.2) is 22.8 Å². The lowest BCUT2D eigenvalue weighted by Crippen LogP contribution is -2.40. The number of hydrogen-bond donors (Lipinski definition) is 1. The second-order valence-corrected chi connectivity index (χ2v) is 6.28. The first-order chi connectivity index (χ1) is 7.51. The van der Waals surface area contributed by atoms with E-state index in [0.29, 0.717) is 25.4 Å². The van der Waals surface area contributed by atoms with Gasteiger partial charge in [-0.25, -0.2) is 4.98 Å². The van der Waals surface area contributed by atoms with E-state index in [1.807, 2.05) is 5.38 Å². The van der Waals surface area contributed by atoms with Gasteiger partial charge in [0.2, 0.25) is 0 Å². The van der Waals surface area contributed by atoms with Crippen LogP contribution in [0.15, 0.2) is 9.98 Å². The summed E-state index contributed by atoms with van der Waals surface area (Å²) in [7, 11) is 0. The molecule has 5 heteroatoms. The number of thiazole rings is 1. The fourth-order valence-electron chi connectivity index (χ4n) is 1.96. The molecule has 1 aromatic heterocycles. The number of rotatable bonds is 2. The molecule has 0 spiro atoms. The van der Waals surface area contributed by atoms with Crippen molar-refractivity contribution in [3.05, 3.63) is 15.0 Å². The van der Waals surface area contributed by atoms with Gasteiger partial charge < -0.3 is 9.84 Å². The van der Waals surface area contributed by atoms with Gasteiger partial charge in [-0.15, -0.1) is 11.3 Å². The van der Waals surface area contributed by atoms with Crippen molar-refractivity contribution in [2.75, 3.05) is 6.61 Å². The minimum absolute atomic E-state index is 0.126. The molecular weight excluding hydrogens is 290 g/mol. The Kier molecular flexibility index (Phi) is 3.69. The molecule has 2 unspecified atom stereocenters. The summed E-state index contributed by atoms with van der Waals surface area (Å²) >= 11 is 4.83. The summed E-state index contributed by atoms with van der Waals surface area (Å²) in [6.07, 6.45) is 1.40. The third kappa shape index (κ3) is 2.47. The van der Waals surface area contributed by atoms with Crippen molar-refractivity contribution in [1.82, 2.24) is 4.98 Å². The number of nitrogens with zero attached hydrogens (tertiary/aromatic N) is 1. The van der Waals surface area contributed by atoms with Gasteiger partial charge in [0.15, 0.2) is 0 Å². The largest absolute Gasteiger partial charge is 0.382 e. The van der Waals surface area contributed by atoms with E-state index in [9.17, 15) is 5.11 Å². The summed E-state index contributed by atoms with van der Waals surface area (Å²) in [4.78, 5) is 4.33. The highest BCUT2D eigenvalue weighted by molar-refractivity contribution is 9.10. The topological polar surface area (TPSA) is 42.4 Å². The maximum absolute atomic E-state index is 10.6. The Morgan fingerprint density at radius 3 is 3.00 bits per heavy atom. The van der Waals surface area contributed by atoms with Crippen molar-refractivity contribution in [3.63, 3.8) is 0 Å². The van der Waals surface area contributed by atoms with Crippen LogP contribution in [0.1, 0.15) is 31.7 Å². The van der Waals surface area contributed by atoms with Gasteiger partial charge in [0.05, 0.1) is 12.7 Å². The highest BCUT2D eigenvalue weighted by Gasteiger charge is 2.39. The third-order valence-electron chi connectivity index (χ3n) is 3.00. The second-order valence-electron chi connectivity index (χ2n) is 4.61. The molecule has 3 nitrogen and oxygen atoms in total. The highest BCUT2D eigenvalue weighted by Crippen LogP contribution is 2.38. The molecule has 1 aliphatic heterocycles. The monoisotopic (exact) mass is 305 g/mol. The highest BCUT2D eigenvalue weighted by atomic mass is 79.9. The summed E-state index contributed by atoms with van der Waals surface area (Å²) in [5.74, 6) is 0.426. The van der Waals surface area contributed by atoms with Crippen molar-refractivity contribution in [3.8, 4) is 0 Å². The van der Waals surface area contributed by atoms with Gasteiger partial charge in [0.1, 0.15) is 15.2 Å². The van der Waals surface area contributed by atoms with Gasteiger partial charge in [-0.2, -0.15) is 0 Å². The fourth-order valence-corrected chi connectivity index (χ4v) is 3.36. The molecule has 1 aliphatic rings. The van der Waals surface area contributed by atoms with Crippen LogP contribution < -0.4 is 0 Å². The average molecular weight is 306 g/mol. The van der Waals surface area contributed by atoms with Crippen molar-refractivity contribution >= 4 is 27.3 Å². The average Bonchev–Trinajstić information content (AvgIpc) is 2.65. The zero-order valence-corrected chi connectivity index (χ0v) is 11.8. The van der Waals surface area contributed by atoms with Gasteiger partial charge in [-0.05, 0) is 21.8 Å². The predicted molar refractivity (Wildman–Crippen MR) is 67.5 cm³/mol. The maximum Gasteiger partial charge on any atom is 0.126 e. The second kappa shape index (κ2) is 4.72. The first-order valence-corrected chi connectivity index (χ1v) is 7.14. The van der Waals surface area contributed by atoms with Crippen molar-refractivity contribution in [2.24, 2.45) is 5.92 Å². The Labute approximate surface area is 108 Å². The molecule has 90 valence electrons. The lowest BCUT2D eigenvalue weighted by molar-refractivity contribution is -0.121. The quantitative estimate of drug-likeness (QED) is 0.913. The number of ether oxygens (including phenoxy) is 1. The summed E-state index contributed by atoms with van der Waals surface area (Å²) in [5, 5.41) is 13.3. The van der Waals surface area contributed by atoms with Crippen molar-refractivity contribution in [2.45, 2.75) is 38.4 Å². The summed E-state index contributed by atoms with van der Waals surface area (Å²) in [5.41, 5.74) is -0.802. The van der Waals surface area contributed by atoms with E-state index in [-0.39, 0.29) is 6.10 Å². The molecule has 16 heavy (non-hydrogen) atoms. The summed E-state index contributed by atoms with van der Waals surface area (Å²) < 4.78 is 6.47. The van der Waals surface area contributed by atoms with Crippen LogP contribution in [0.2, 0.25) is 0 Å². The molecule has 1 fully saturated rings. The third-order valence-corrected chi connectivity index (χ3v) is 4.75. The van der Waals surface area contributed by atoms with Crippen LogP contribution >= 0.6 is 27.3 Å². The molecule has 1 aromatic rings. The van der Waals surface area contributed by atoms with E-state index in [0.717, 1.165) is 9.61 Å². The van der Waals surface area contributed by atoms with E-state index in [1.54, 1.807) is 0 Å². The molecule has 2 atom stereocenters. The van der Waals surface area contributed by atoms with Crippen LogP contribution in [0.4, 0.5) is 0 Å². The molecular formula is C11H16BrNO2S. The SMILES string of the molecule is CC(C)C1CC(O)(c2nc(Br)cs2)CCO1. The first kappa shape index (κ1) is 12.5. The standard InChI is InChI=1S/C11H16BrNO2S/c1-7(2)8-5-11(14,3-4-15-8)10-13-9(12)6-16-10/h6-8,14H,3-5H2,1-2H3. The smallest absolute Gasteiger partial charge is 0.126 e. The molecule has 0 saturated carbocycles. The van der Waals surface area contributed by atoms with E-state index in [4.69, 9.17) is 4.74 Å². The Morgan fingerprint density at radius 2 is 2.44 bits per heavy atom. The van der Waals surface area contributed by atoms with E-state index >= 15 is 0 Å². The van der Waals surface area contributed by atoms with Gasteiger partial charge in [-0.1, -0.05) is 13.8 Å². The molecule has 2 heterocycles. The normalized spacial score (nSPS) is 30.9. The van der Waals surface area contributed by atoms with Gasteiger partial charge in [0, 0.05) is 18.2 Å². The summed E-state index contributed by atoms with van der Waals surface area (Å²) in [6.45, 7) is 4.85. The molecule has 1 saturated heterocycles. The van der Waals surface area contributed by atoms with Crippen molar-refractivity contribution < 1.29 is 9.84 Å². The molecule has 2 rings (SSSR count). The van der Waals surface area contributed by atoms with E-state index < -0.39 is 5.60 Å². The van der Waals surface area contributed by atoms with Gasteiger partial charge >= 0.3 is 0 Å². The first-order valence-electron chi connectivity index (χ1n) is 5.47. The minimum Gasteiger partial charge on any atom is -0.382 e. The van der Waals surface area contributed by atoms with Crippen molar-refractivity contribution in [1.29, 1.82) is 0 Å². The Balaban J connectivity index is 2.18. The minimum atomic E-state index is -0.802. The summed E-state index contributed by atoms with van der Waals surface area (Å²) in [6, 6.07) is 0. The number of aromatic nitrogens is 1. The number of aliphatic hydroxyl groups is 1. The molecule has 1 N–H and O–H groups in total. The van der Waals surface area contributed by atoms with E-state index in [2.05, 4.69) is 34.8 Å². The van der Waals surface area contributed by atoms with E-state index in [1.165, 1.54) is 11.3 Å². The zero-order valence-electron chi connectivity index (χ0n) is 9.44. The maximum atomic E-state index is 10.6. The lowest BCUT2D eigenvalue weighted by Gasteiger charge is -2.37. The zero-order chi connectivity index (χ0) is 11.8. The molecule has 0 bridgehead atoms. The van der Waals surface area contributed by atoms with Crippen LogP contribution in [-0.2, 0) is 10.3 Å². The molecule has 0 aliphatic carbocycles. The van der Waals surface area contributed by atoms with Crippen LogP contribution in [0.3, 0.4) is 0 Å². The van der Waals surface area contributed by atoms with Gasteiger partial charge in [-0.3, -0.25) is 0 Å². The fraction of sp³-hybridized carbons (Fsp3) is 0.727. The predicted octanol–water partition coefficient (Wildman–Crippen LogP) is 2.93. The molecule has 0 aromatic carbocycles. The Hall–Kier alpha value is 0.0300. The Morgan fingerprint density at radius 1 is 1.69 bits per heavy atom. The number of halogens is 1. The van der Waals surface area contributed by atoms with Crippen LogP contribution in [0, 0.1) is 5.92 Å². The molecule has 0 amide bonds. The lowest BCUT2D eigenvalue weighted by atomic mass is 9.87. The van der Waals surface area contributed by atoms with Crippen LogP contribution in [0.25, 0.3) is 0 Å². The van der Waals surface area contributed by atoms with Crippen LogP contribution in [0.5, 0.6) is 0 Å². The Bertz CT molecular complexity index is 369.